The summed E-state index contributed by atoms with van der Waals surface area (Å²) in [4.78, 5) is 21.4. The van der Waals surface area contributed by atoms with E-state index in [2.05, 4.69) is 22.0 Å². The summed E-state index contributed by atoms with van der Waals surface area (Å²) in [5, 5.41) is 4.07. The van der Waals surface area contributed by atoms with Crippen LogP contribution in [0.4, 0.5) is 4.39 Å². The number of halogens is 1. The summed E-state index contributed by atoms with van der Waals surface area (Å²) in [6, 6.07) is 12.6. The zero-order valence-electron chi connectivity index (χ0n) is 18.1. The summed E-state index contributed by atoms with van der Waals surface area (Å²) in [7, 11) is 0. The fourth-order valence-corrected chi connectivity index (χ4v) is 3.84. The molecule has 1 unspecified atom stereocenters. The Bertz CT molecular complexity index is 1060. The second kappa shape index (κ2) is 8.98. The second-order valence-electron chi connectivity index (χ2n) is 7.97. The van der Waals surface area contributed by atoms with Crippen molar-refractivity contribution in [3.63, 3.8) is 0 Å². The first-order valence-electron chi connectivity index (χ1n) is 10.7. The Kier molecular flexibility index (Phi) is 6.13. The van der Waals surface area contributed by atoms with Crippen LogP contribution in [0.2, 0.25) is 0 Å². The van der Waals surface area contributed by atoms with E-state index in [0.717, 1.165) is 30.6 Å². The molecule has 1 aromatic heterocycles. The number of carbonyl (C=O) groups is 1. The minimum absolute atomic E-state index is 0.0658. The van der Waals surface area contributed by atoms with Crippen LogP contribution in [0.15, 0.2) is 47.0 Å². The van der Waals surface area contributed by atoms with Crippen molar-refractivity contribution in [1.82, 2.24) is 19.9 Å². The van der Waals surface area contributed by atoms with E-state index in [4.69, 9.17) is 4.52 Å². The van der Waals surface area contributed by atoms with Crippen LogP contribution in [0.1, 0.15) is 47.3 Å². The van der Waals surface area contributed by atoms with Crippen molar-refractivity contribution in [2.24, 2.45) is 0 Å². The zero-order chi connectivity index (χ0) is 22.0. The van der Waals surface area contributed by atoms with Gasteiger partial charge in [-0.1, -0.05) is 24.2 Å². The normalized spacial score (nSPS) is 15.8. The van der Waals surface area contributed by atoms with Crippen molar-refractivity contribution in [1.29, 1.82) is 0 Å². The van der Waals surface area contributed by atoms with E-state index < -0.39 is 0 Å². The maximum absolute atomic E-state index is 13.5. The van der Waals surface area contributed by atoms with Gasteiger partial charge in [0.25, 0.3) is 5.91 Å². The van der Waals surface area contributed by atoms with E-state index in [1.54, 1.807) is 19.1 Å². The highest BCUT2D eigenvalue weighted by molar-refractivity contribution is 5.94. The highest BCUT2D eigenvalue weighted by atomic mass is 19.1. The molecule has 4 rings (SSSR count). The lowest BCUT2D eigenvalue weighted by atomic mass is 10.1. The van der Waals surface area contributed by atoms with E-state index >= 15 is 0 Å². The van der Waals surface area contributed by atoms with E-state index in [9.17, 15) is 9.18 Å². The number of piperazine rings is 1. The third-order valence-electron chi connectivity index (χ3n) is 5.97. The number of aromatic nitrogens is 2. The topological polar surface area (TPSA) is 62.5 Å². The molecular formula is C24H27FN4O2. The Morgan fingerprint density at radius 3 is 2.48 bits per heavy atom. The molecule has 0 N–H and O–H groups in total. The van der Waals surface area contributed by atoms with Gasteiger partial charge in [0.2, 0.25) is 11.7 Å². The molecule has 162 valence electrons. The highest BCUT2D eigenvalue weighted by Gasteiger charge is 2.28. The molecular weight excluding hydrogens is 395 g/mol. The van der Waals surface area contributed by atoms with Gasteiger partial charge in [-0.25, -0.2) is 4.39 Å². The van der Waals surface area contributed by atoms with Crippen molar-refractivity contribution >= 4 is 5.91 Å². The fourth-order valence-electron chi connectivity index (χ4n) is 3.84. The molecule has 2 aromatic carbocycles. The summed E-state index contributed by atoms with van der Waals surface area (Å²) in [5.41, 5.74) is 3.23. The molecule has 1 aliphatic rings. The third kappa shape index (κ3) is 4.51. The first-order valence-corrected chi connectivity index (χ1v) is 10.7. The molecule has 0 saturated carbocycles. The quantitative estimate of drug-likeness (QED) is 0.615. The van der Waals surface area contributed by atoms with Crippen molar-refractivity contribution in [3.8, 4) is 11.4 Å². The van der Waals surface area contributed by atoms with Gasteiger partial charge < -0.3 is 9.42 Å². The fraction of sp³-hybridized carbons (Fsp3) is 0.375. The van der Waals surface area contributed by atoms with Gasteiger partial charge in [-0.15, -0.1) is 0 Å². The first kappa shape index (κ1) is 21.2. The zero-order valence-corrected chi connectivity index (χ0v) is 18.1. The van der Waals surface area contributed by atoms with E-state index in [1.807, 2.05) is 36.1 Å². The third-order valence-corrected chi connectivity index (χ3v) is 5.97. The first-order chi connectivity index (χ1) is 15.0. The number of benzene rings is 2. The van der Waals surface area contributed by atoms with Crippen molar-refractivity contribution in [2.75, 3.05) is 26.2 Å². The Morgan fingerprint density at radius 2 is 1.84 bits per heavy atom. The molecule has 1 fully saturated rings. The Labute approximate surface area is 181 Å². The minimum atomic E-state index is -0.255. The maximum Gasteiger partial charge on any atom is 0.253 e. The lowest BCUT2D eigenvalue weighted by molar-refractivity contribution is 0.0551. The molecule has 2 heterocycles. The van der Waals surface area contributed by atoms with Gasteiger partial charge in [0, 0.05) is 37.3 Å². The molecule has 0 spiro atoms. The number of nitrogens with zero attached hydrogens (tertiary/aromatic N) is 4. The van der Waals surface area contributed by atoms with Crippen molar-refractivity contribution < 1.29 is 13.7 Å². The lowest BCUT2D eigenvalue weighted by Crippen LogP contribution is -2.49. The summed E-state index contributed by atoms with van der Waals surface area (Å²) in [6.07, 6.45) is 0.961. The van der Waals surface area contributed by atoms with Crippen molar-refractivity contribution in [3.05, 3.63) is 70.9 Å². The van der Waals surface area contributed by atoms with Gasteiger partial charge in [0.05, 0.1) is 6.04 Å². The summed E-state index contributed by atoms with van der Waals surface area (Å²) in [6.45, 7) is 8.59. The molecule has 6 nitrogen and oxygen atoms in total. The lowest BCUT2D eigenvalue weighted by Gasteiger charge is -2.36. The van der Waals surface area contributed by atoms with Crippen LogP contribution in [0, 0.1) is 12.7 Å². The number of rotatable bonds is 5. The standard InChI is InChI=1S/C24H27FN4O2/c1-4-18-5-7-19(8-6-18)24(30)29-13-11-28(12-14-29)17(3)23-26-22(27-31-23)20-9-10-21(25)16(2)15-20/h5-10,15,17H,4,11-14H2,1-3H3. The van der Waals surface area contributed by atoms with E-state index in [-0.39, 0.29) is 17.8 Å². The average molecular weight is 423 g/mol. The molecule has 1 atom stereocenters. The summed E-state index contributed by atoms with van der Waals surface area (Å²) in [5.74, 6) is 0.789. The summed E-state index contributed by atoms with van der Waals surface area (Å²) >= 11 is 0. The van der Waals surface area contributed by atoms with Crippen LogP contribution < -0.4 is 0 Å². The molecule has 1 aliphatic heterocycles. The monoisotopic (exact) mass is 422 g/mol. The van der Waals surface area contributed by atoms with Gasteiger partial charge in [-0.2, -0.15) is 4.98 Å². The highest BCUT2D eigenvalue weighted by Crippen LogP contribution is 2.25. The molecule has 3 aromatic rings. The van der Waals surface area contributed by atoms with Crippen LogP contribution in [-0.4, -0.2) is 52.0 Å². The van der Waals surface area contributed by atoms with Gasteiger partial charge in [-0.3, -0.25) is 9.69 Å². The number of aryl methyl sites for hydroxylation is 2. The smallest absolute Gasteiger partial charge is 0.253 e. The van der Waals surface area contributed by atoms with E-state index in [1.165, 1.54) is 11.6 Å². The Hall–Kier alpha value is -3.06. The molecule has 31 heavy (non-hydrogen) atoms. The van der Waals surface area contributed by atoms with E-state index in [0.29, 0.717) is 30.4 Å². The molecule has 7 heteroatoms. The van der Waals surface area contributed by atoms with Gasteiger partial charge in [0.15, 0.2) is 0 Å². The van der Waals surface area contributed by atoms with Gasteiger partial charge in [-0.05, 0) is 61.7 Å². The van der Waals surface area contributed by atoms with Gasteiger partial charge in [0.1, 0.15) is 5.82 Å². The minimum Gasteiger partial charge on any atom is -0.337 e. The molecule has 0 radical (unpaired) electrons. The summed E-state index contributed by atoms with van der Waals surface area (Å²) < 4.78 is 19.0. The predicted octanol–water partition coefficient (Wildman–Crippen LogP) is 4.27. The Morgan fingerprint density at radius 1 is 1.13 bits per heavy atom. The molecule has 0 aliphatic carbocycles. The number of amides is 1. The van der Waals surface area contributed by atoms with Crippen LogP contribution in [0.3, 0.4) is 0 Å². The molecule has 1 saturated heterocycles. The largest absolute Gasteiger partial charge is 0.337 e. The molecule has 0 bridgehead atoms. The number of carbonyl (C=O) groups excluding carboxylic acids is 1. The average Bonchev–Trinajstić information content (AvgIpc) is 3.30. The number of hydrogen-bond acceptors (Lipinski definition) is 5. The second-order valence-corrected chi connectivity index (χ2v) is 7.97. The maximum atomic E-state index is 13.5. The van der Waals surface area contributed by atoms with Crippen LogP contribution in [0.5, 0.6) is 0 Å². The number of hydrogen-bond donors (Lipinski definition) is 0. The van der Waals surface area contributed by atoms with Gasteiger partial charge >= 0.3 is 0 Å². The van der Waals surface area contributed by atoms with Crippen LogP contribution >= 0.6 is 0 Å². The Balaban J connectivity index is 1.38. The van der Waals surface area contributed by atoms with Crippen LogP contribution in [-0.2, 0) is 6.42 Å². The SMILES string of the molecule is CCc1ccc(C(=O)N2CCN(C(C)c3nc(-c4ccc(F)c(C)c4)no3)CC2)cc1. The molecule has 1 amide bonds. The predicted molar refractivity (Wildman–Crippen MR) is 116 cm³/mol. The van der Waals surface area contributed by atoms with Crippen molar-refractivity contribution in [2.45, 2.75) is 33.2 Å². The van der Waals surface area contributed by atoms with Crippen LogP contribution in [0.25, 0.3) is 11.4 Å².